The third-order valence-electron chi connectivity index (χ3n) is 3.09. The summed E-state index contributed by atoms with van der Waals surface area (Å²) >= 11 is 7.14. The van der Waals surface area contributed by atoms with Crippen LogP contribution in [0.1, 0.15) is 10.4 Å². The van der Waals surface area contributed by atoms with E-state index in [0.29, 0.717) is 26.3 Å². The van der Waals surface area contributed by atoms with Crippen molar-refractivity contribution in [2.75, 3.05) is 5.32 Å². The largest absolute Gasteiger partial charge is 0.296 e. The van der Waals surface area contributed by atoms with Crippen LogP contribution in [0.15, 0.2) is 48.5 Å². The predicted octanol–water partition coefficient (Wildman–Crippen LogP) is 4.02. The van der Waals surface area contributed by atoms with Crippen LogP contribution in [0.5, 0.6) is 0 Å². The van der Waals surface area contributed by atoms with Gasteiger partial charge in [-0.1, -0.05) is 35.1 Å². The van der Waals surface area contributed by atoms with Crippen molar-refractivity contribution in [1.29, 1.82) is 0 Å². The van der Waals surface area contributed by atoms with Crippen LogP contribution in [0.4, 0.5) is 10.8 Å². The quantitative estimate of drug-likeness (QED) is 0.559. The summed E-state index contributed by atoms with van der Waals surface area (Å²) in [5, 5.41) is 22.4. The Morgan fingerprint density at radius 2 is 1.83 bits per heavy atom. The summed E-state index contributed by atoms with van der Waals surface area (Å²) < 4.78 is 0. The Kier molecular flexibility index (Phi) is 4.50. The number of nitrogens with one attached hydrogen (secondary N) is 1. The van der Waals surface area contributed by atoms with Crippen LogP contribution in [0.2, 0.25) is 5.02 Å². The number of benzene rings is 2. The van der Waals surface area contributed by atoms with Gasteiger partial charge in [0.2, 0.25) is 5.13 Å². The number of non-ortho nitro benzene ring substituents is 1. The number of hydrogen-bond donors (Lipinski definition) is 1. The Labute approximate surface area is 145 Å². The average molecular weight is 361 g/mol. The number of carbonyl (C=O) groups excluding carboxylic acids is 1. The van der Waals surface area contributed by atoms with E-state index in [1.807, 2.05) is 0 Å². The maximum atomic E-state index is 12.2. The second kappa shape index (κ2) is 6.73. The van der Waals surface area contributed by atoms with E-state index in [9.17, 15) is 14.9 Å². The molecule has 0 saturated carbocycles. The van der Waals surface area contributed by atoms with E-state index in [0.717, 1.165) is 11.3 Å². The number of nitro groups is 1. The molecular formula is C15H9ClN4O3S. The molecule has 3 rings (SSSR count). The number of nitro benzene ring substituents is 1. The van der Waals surface area contributed by atoms with Crippen molar-refractivity contribution < 1.29 is 9.72 Å². The molecule has 0 aliphatic rings. The summed E-state index contributed by atoms with van der Waals surface area (Å²) in [6.07, 6.45) is 0. The normalized spacial score (nSPS) is 10.4. The van der Waals surface area contributed by atoms with Crippen LogP contribution < -0.4 is 5.32 Å². The summed E-state index contributed by atoms with van der Waals surface area (Å²) in [6.45, 7) is 0. The first-order valence-corrected chi connectivity index (χ1v) is 7.88. The number of halogens is 1. The number of aromatic nitrogens is 2. The van der Waals surface area contributed by atoms with Crippen LogP contribution in [0.3, 0.4) is 0 Å². The van der Waals surface area contributed by atoms with Crippen LogP contribution in [-0.2, 0) is 0 Å². The fourth-order valence-corrected chi connectivity index (χ4v) is 2.89. The van der Waals surface area contributed by atoms with Crippen molar-refractivity contribution in [2.24, 2.45) is 0 Å². The molecule has 0 aliphatic carbocycles. The zero-order valence-corrected chi connectivity index (χ0v) is 13.5. The molecule has 0 saturated heterocycles. The minimum atomic E-state index is -0.473. The summed E-state index contributed by atoms with van der Waals surface area (Å²) in [7, 11) is 0. The molecule has 1 heterocycles. The van der Waals surface area contributed by atoms with Gasteiger partial charge in [0, 0.05) is 17.7 Å². The number of amides is 1. The lowest BCUT2D eigenvalue weighted by molar-refractivity contribution is -0.384. The van der Waals surface area contributed by atoms with Gasteiger partial charge < -0.3 is 0 Å². The monoisotopic (exact) mass is 360 g/mol. The fraction of sp³-hybridized carbons (Fsp3) is 0. The van der Waals surface area contributed by atoms with Gasteiger partial charge in [-0.2, -0.15) is 0 Å². The third-order valence-corrected chi connectivity index (χ3v) is 4.31. The van der Waals surface area contributed by atoms with Gasteiger partial charge in [0.1, 0.15) is 5.01 Å². The van der Waals surface area contributed by atoms with Gasteiger partial charge in [0.15, 0.2) is 0 Å². The van der Waals surface area contributed by atoms with Gasteiger partial charge in [0.25, 0.3) is 11.6 Å². The van der Waals surface area contributed by atoms with Gasteiger partial charge in [-0.25, -0.2) is 0 Å². The summed E-state index contributed by atoms with van der Waals surface area (Å²) in [4.78, 5) is 22.4. The van der Waals surface area contributed by atoms with E-state index >= 15 is 0 Å². The van der Waals surface area contributed by atoms with Crippen molar-refractivity contribution in [3.63, 3.8) is 0 Å². The highest BCUT2D eigenvalue weighted by atomic mass is 35.5. The highest BCUT2D eigenvalue weighted by Gasteiger charge is 2.14. The Morgan fingerprint density at radius 1 is 1.12 bits per heavy atom. The second-order valence-electron chi connectivity index (χ2n) is 4.65. The van der Waals surface area contributed by atoms with Crippen LogP contribution in [0.25, 0.3) is 10.6 Å². The van der Waals surface area contributed by atoms with Gasteiger partial charge in [0.05, 0.1) is 15.5 Å². The number of nitrogens with zero attached hydrogens (tertiary/aromatic N) is 3. The highest BCUT2D eigenvalue weighted by Crippen LogP contribution is 2.28. The molecule has 1 N–H and O–H groups in total. The Bertz CT molecular complexity index is 911. The number of anilines is 1. The van der Waals surface area contributed by atoms with Crippen LogP contribution in [0, 0.1) is 10.1 Å². The summed E-state index contributed by atoms with van der Waals surface area (Å²) in [6, 6.07) is 12.6. The molecule has 0 fully saturated rings. The molecule has 24 heavy (non-hydrogen) atoms. The molecule has 7 nitrogen and oxygen atoms in total. The van der Waals surface area contributed by atoms with E-state index < -0.39 is 4.92 Å². The van der Waals surface area contributed by atoms with E-state index in [-0.39, 0.29) is 11.6 Å². The SMILES string of the molecule is O=C(Nc1nnc(-c2ccc([N+](=O)[O-])cc2)s1)c1ccccc1Cl. The molecule has 0 unspecified atom stereocenters. The van der Waals surface area contributed by atoms with Gasteiger partial charge in [-0.15, -0.1) is 10.2 Å². The lowest BCUT2D eigenvalue weighted by atomic mass is 10.2. The second-order valence-corrected chi connectivity index (χ2v) is 6.04. The summed E-state index contributed by atoms with van der Waals surface area (Å²) in [5.74, 6) is -0.382. The van der Waals surface area contributed by atoms with E-state index in [2.05, 4.69) is 15.5 Å². The molecule has 3 aromatic rings. The van der Waals surface area contributed by atoms with Gasteiger partial charge >= 0.3 is 0 Å². The maximum absolute atomic E-state index is 12.2. The molecule has 0 bridgehead atoms. The number of rotatable bonds is 4. The first-order valence-electron chi connectivity index (χ1n) is 6.69. The molecule has 0 atom stereocenters. The topological polar surface area (TPSA) is 98.0 Å². The smallest absolute Gasteiger partial charge is 0.269 e. The summed E-state index contributed by atoms with van der Waals surface area (Å²) in [5.41, 5.74) is 1.01. The fourth-order valence-electron chi connectivity index (χ4n) is 1.93. The van der Waals surface area contributed by atoms with Crippen molar-refractivity contribution in [2.45, 2.75) is 0 Å². The van der Waals surface area contributed by atoms with Crippen LogP contribution in [-0.4, -0.2) is 21.0 Å². The van der Waals surface area contributed by atoms with Crippen LogP contribution >= 0.6 is 22.9 Å². The zero-order valence-electron chi connectivity index (χ0n) is 12.0. The molecule has 0 aliphatic heterocycles. The standard InChI is InChI=1S/C15H9ClN4O3S/c16-12-4-2-1-3-11(12)13(21)17-15-19-18-14(24-15)9-5-7-10(8-6-9)20(22)23/h1-8H,(H,17,19,21). The molecule has 0 radical (unpaired) electrons. The first-order chi connectivity index (χ1) is 11.5. The van der Waals surface area contributed by atoms with Gasteiger partial charge in [-0.3, -0.25) is 20.2 Å². The molecule has 9 heteroatoms. The number of hydrogen-bond acceptors (Lipinski definition) is 6. The van der Waals surface area contributed by atoms with Crippen molar-refractivity contribution in [3.05, 3.63) is 69.2 Å². The predicted molar refractivity (Wildman–Crippen MR) is 91.4 cm³/mol. The lowest BCUT2D eigenvalue weighted by Gasteiger charge is -2.02. The zero-order chi connectivity index (χ0) is 17.1. The van der Waals surface area contributed by atoms with Crippen molar-refractivity contribution >= 4 is 39.7 Å². The minimum absolute atomic E-state index is 0.00416. The molecule has 0 spiro atoms. The Morgan fingerprint density at radius 3 is 2.50 bits per heavy atom. The molecule has 2 aromatic carbocycles. The molecular weight excluding hydrogens is 352 g/mol. The minimum Gasteiger partial charge on any atom is -0.296 e. The van der Waals surface area contributed by atoms with E-state index in [4.69, 9.17) is 11.6 Å². The van der Waals surface area contributed by atoms with Crippen molar-refractivity contribution in [3.8, 4) is 10.6 Å². The number of carbonyl (C=O) groups is 1. The average Bonchev–Trinajstić information content (AvgIpc) is 3.03. The first kappa shape index (κ1) is 16.0. The molecule has 1 aromatic heterocycles. The molecule has 120 valence electrons. The van der Waals surface area contributed by atoms with E-state index in [1.165, 1.54) is 12.1 Å². The Balaban J connectivity index is 1.77. The molecule has 1 amide bonds. The maximum Gasteiger partial charge on any atom is 0.269 e. The van der Waals surface area contributed by atoms with Crippen molar-refractivity contribution in [1.82, 2.24) is 10.2 Å². The lowest BCUT2D eigenvalue weighted by Crippen LogP contribution is -2.12. The third kappa shape index (κ3) is 3.39. The Hall–Kier alpha value is -2.84. The highest BCUT2D eigenvalue weighted by molar-refractivity contribution is 7.18. The van der Waals surface area contributed by atoms with E-state index in [1.54, 1.807) is 36.4 Å². The van der Waals surface area contributed by atoms with Gasteiger partial charge in [-0.05, 0) is 24.3 Å².